The van der Waals surface area contributed by atoms with Gasteiger partial charge in [0.2, 0.25) is 0 Å². The van der Waals surface area contributed by atoms with Crippen LogP contribution >= 0.6 is 23.2 Å². The van der Waals surface area contributed by atoms with Crippen LogP contribution in [0.1, 0.15) is 10.5 Å². The number of amides is 1. The van der Waals surface area contributed by atoms with Crippen LogP contribution in [0.5, 0.6) is 0 Å². The molecule has 0 saturated heterocycles. The summed E-state index contributed by atoms with van der Waals surface area (Å²) in [5.41, 5.74) is 0.230. The Morgan fingerprint density at radius 2 is 2.17 bits per heavy atom. The van der Waals surface area contributed by atoms with Gasteiger partial charge in [-0.2, -0.15) is 0 Å². The van der Waals surface area contributed by atoms with Crippen LogP contribution in [0.15, 0.2) is 18.7 Å². The summed E-state index contributed by atoms with van der Waals surface area (Å²) in [7, 11) is 1.58. The first-order valence-corrected chi connectivity index (χ1v) is 5.76. The molecule has 0 unspecified atom stereocenters. The minimum atomic E-state index is -1.10. The molecule has 18 heavy (non-hydrogen) atoms. The van der Waals surface area contributed by atoms with Gasteiger partial charge in [-0.15, -0.1) is 6.58 Å². The second kappa shape index (κ2) is 5.93. The van der Waals surface area contributed by atoms with E-state index in [2.05, 4.69) is 6.58 Å². The number of aliphatic carboxylic acids is 1. The van der Waals surface area contributed by atoms with Crippen molar-refractivity contribution >= 4 is 35.1 Å². The largest absolute Gasteiger partial charge is 0.480 e. The van der Waals surface area contributed by atoms with Gasteiger partial charge >= 0.3 is 5.97 Å². The molecule has 1 heterocycles. The van der Waals surface area contributed by atoms with Crippen molar-refractivity contribution in [2.45, 2.75) is 0 Å². The summed E-state index contributed by atoms with van der Waals surface area (Å²) in [6.45, 7) is 3.20. The second-order valence-corrected chi connectivity index (χ2v) is 4.36. The summed E-state index contributed by atoms with van der Waals surface area (Å²) in [5, 5.41) is 9.23. The van der Waals surface area contributed by atoms with E-state index in [9.17, 15) is 9.59 Å². The third-order valence-corrected chi connectivity index (χ3v) is 3.14. The fourth-order valence-corrected chi connectivity index (χ4v) is 1.82. The van der Waals surface area contributed by atoms with E-state index >= 15 is 0 Å². The highest BCUT2D eigenvalue weighted by Crippen LogP contribution is 2.25. The number of carbonyl (C=O) groups is 2. The summed E-state index contributed by atoms with van der Waals surface area (Å²) in [6.07, 6.45) is 1.45. The molecule has 1 amide bonds. The van der Waals surface area contributed by atoms with E-state index in [1.807, 2.05) is 0 Å². The molecule has 0 spiro atoms. The molecule has 0 aliphatic rings. The Hall–Kier alpha value is -1.46. The third kappa shape index (κ3) is 3.05. The molecule has 1 aromatic rings. The van der Waals surface area contributed by atoms with E-state index in [1.165, 1.54) is 16.7 Å². The summed E-state index contributed by atoms with van der Waals surface area (Å²) in [6, 6.07) is 1.41. The maximum Gasteiger partial charge on any atom is 0.323 e. The smallest absolute Gasteiger partial charge is 0.323 e. The van der Waals surface area contributed by atoms with Gasteiger partial charge in [0.1, 0.15) is 17.4 Å². The molecular formula is C11H12Cl2N2O3. The zero-order valence-corrected chi connectivity index (χ0v) is 11.2. The molecule has 1 N–H and O–H groups in total. The Balaban J connectivity index is 3.05. The standard InChI is InChI=1S/C11H12Cl2N2O3/c1-3-4-15(6-9(16)17)11(18)8-5-7(12)10(13)14(8)2/h3,5H,1,4,6H2,2H3,(H,16,17). The van der Waals surface area contributed by atoms with Crippen LogP contribution in [0, 0.1) is 0 Å². The van der Waals surface area contributed by atoms with Gasteiger partial charge in [-0.05, 0) is 6.07 Å². The first kappa shape index (κ1) is 14.6. The van der Waals surface area contributed by atoms with Crippen molar-refractivity contribution in [3.63, 3.8) is 0 Å². The van der Waals surface area contributed by atoms with Crippen molar-refractivity contribution in [2.24, 2.45) is 7.05 Å². The van der Waals surface area contributed by atoms with Crippen LogP contribution < -0.4 is 0 Å². The fourth-order valence-electron chi connectivity index (χ4n) is 1.45. The molecule has 0 radical (unpaired) electrons. The molecule has 0 bridgehead atoms. The van der Waals surface area contributed by atoms with Gasteiger partial charge in [0.05, 0.1) is 5.02 Å². The summed E-state index contributed by atoms with van der Waals surface area (Å²) >= 11 is 11.7. The number of hydrogen-bond acceptors (Lipinski definition) is 2. The number of rotatable bonds is 5. The Kier molecular flexibility index (Phi) is 4.81. The molecule has 5 nitrogen and oxygen atoms in total. The fraction of sp³-hybridized carbons (Fsp3) is 0.273. The number of halogens is 2. The third-order valence-electron chi connectivity index (χ3n) is 2.30. The molecule has 98 valence electrons. The van der Waals surface area contributed by atoms with E-state index in [4.69, 9.17) is 28.3 Å². The average molecular weight is 291 g/mol. The highest BCUT2D eigenvalue weighted by molar-refractivity contribution is 6.41. The predicted octanol–water partition coefficient (Wildman–Crippen LogP) is 2.04. The van der Waals surface area contributed by atoms with E-state index in [0.29, 0.717) is 0 Å². The quantitative estimate of drug-likeness (QED) is 0.844. The number of aromatic nitrogens is 1. The SMILES string of the molecule is C=CCN(CC(=O)O)C(=O)c1cc(Cl)c(Cl)n1C. The maximum absolute atomic E-state index is 12.1. The van der Waals surface area contributed by atoms with Crippen molar-refractivity contribution in [3.8, 4) is 0 Å². The van der Waals surface area contributed by atoms with Crippen molar-refractivity contribution in [1.82, 2.24) is 9.47 Å². The lowest BCUT2D eigenvalue weighted by Crippen LogP contribution is -2.36. The van der Waals surface area contributed by atoms with Gasteiger partial charge in [0.25, 0.3) is 5.91 Å². The second-order valence-electron chi connectivity index (χ2n) is 3.60. The molecule has 7 heteroatoms. The Morgan fingerprint density at radius 1 is 1.56 bits per heavy atom. The Labute approximate surface area is 114 Å². The van der Waals surface area contributed by atoms with Crippen LogP contribution in [0.3, 0.4) is 0 Å². The first-order chi connectivity index (χ1) is 8.38. The van der Waals surface area contributed by atoms with E-state index in [0.717, 1.165) is 4.90 Å². The number of hydrogen-bond donors (Lipinski definition) is 1. The highest BCUT2D eigenvalue weighted by atomic mass is 35.5. The highest BCUT2D eigenvalue weighted by Gasteiger charge is 2.22. The summed E-state index contributed by atoms with van der Waals surface area (Å²) in [4.78, 5) is 24.0. The minimum absolute atomic E-state index is 0.131. The zero-order chi connectivity index (χ0) is 13.9. The molecule has 0 atom stereocenters. The molecule has 0 aromatic carbocycles. The summed E-state index contributed by atoms with van der Waals surface area (Å²) in [5.74, 6) is -1.56. The molecule has 0 aliphatic carbocycles. The molecule has 0 fully saturated rings. The average Bonchev–Trinajstić information content (AvgIpc) is 2.55. The van der Waals surface area contributed by atoms with Gasteiger partial charge < -0.3 is 14.6 Å². The van der Waals surface area contributed by atoms with Crippen LogP contribution in [-0.2, 0) is 11.8 Å². The maximum atomic E-state index is 12.1. The minimum Gasteiger partial charge on any atom is -0.480 e. The van der Waals surface area contributed by atoms with Crippen molar-refractivity contribution < 1.29 is 14.7 Å². The lowest BCUT2D eigenvalue weighted by atomic mass is 10.3. The van der Waals surface area contributed by atoms with Crippen molar-refractivity contribution in [3.05, 3.63) is 34.6 Å². The van der Waals surface area contributed by atoms with E-state index in [-0.39, 0.29) is 22.4 Å². The van der Waals surface area contributed by atoms with Gasteiger partial charge in [-0.25, -0.2) is 0 Å². The Bertz CT molecular complexity index is 497. The Morgan fingerprint density at radius 3 is 2.56 bits per heavy atom. The van der Waals surface area contributed by atoms with E-state index < -0.39 is 18.4 Å². The van der Waals surface area contributed by atoms with Crippen LogP contribution in [0.2, 0.25) is 10.2 Å². The number of nitrogens with zero attached hydrogens (tertiary/aromatic N) is 2. The van der Waals surface area contributed by atoms with Crippen LogP contribution in [0.25, 0.3) is 0 Å². The first-order valence-electron chi connectivity index (χ1n) is 5.01. The van der Waals surface area contributed by atoms with Crippen molar-refractivity contribution in [2.75, 3.05) is 13.1 Å². The van der Waals surface area contributed by atoms with Crippen LogP contribution in [0.4, 0.5) is 0 Å². The molecule has 1 aromatic heterocycles. The summed E-state index contributed by atoms with van der Waals surface area (Å²) < 4.78 is 1.41. The zero-order valence-electron chi connectivity index (χ0n) is 9.69. The number of carboxylic acid groups (broad SMARTS) is 1. The molecule has 0 aliphatic heterocycles. The number of carboxylic acids is 1. The van der Waals surface area contributed by atoms with E-state index in [1.54, 1.807) is 7.05 Å². The lowest BCUT2D eigenvalue weighted by Gasteiger charge is -2.19. The monoisotopic (exact) mass is 290 g/mol. The van der Waals surface area contributed by atoms with Gasteiger partial charge in [-0.3, -0.25) is 9.59 Å². The van der Waals surface area contributed by atoms with Crippen LogP contribution in [-0.4, -0.2) is 39.5 Å². The normalized spacial score (nSPS) is 10.2. The lowest BCUT2D eigenvalue weighted by molar-refractivity contribution is -0.137. The molecule has 0 saturated carbocycles. The molecule has 1 rings (SSSR count). The number of carbonyl (C=O) groups excluding carboxylic acids is 1. The topological polar surface area (TPSA) is 62.5 Å². The van der Waals surface area contributed by atoms with Gasteiger partial charge in [0.15, 0.2) is 0 Å². The van der Waals surface area contributed by atoms with Gasteiger partial charge in [0, 0.05) is 13.6 Å². The molecular weight excluding hydrogens is 279 g/mol. The predicted molar refractivity (Wildman–Crippen MR) is 69.2 cm³/mol. The van der Waals surface area contributed by atoms with Gasteiger partial charge in [-0.1, -0.05) is 29.3 Å². The van der Waals surface area contributed by atoms with Crippen molar-refractivity contribution in [1.29, 1.82) is 0 Å².